The van der Waals surface area contributed by atoms with Gasteiger partial charge in [0, 0.05) is 25.0 Å². The Hall–Kier alpha value is -3.08. The highest BCUT2D eigenvalue weighted by molar-refractivity contribution is 7.19. The summed E-state index contributed by atoms with van der Waals surface area (Å²) in [6.45, 7) is 4.37. The van der Waals surface area contributed by atoms with Crippen LogP contribution in [0.2, 0.25) is 4.34 Å². The molecule has 4 aromatic rings. The number of carbonyl (C=O) groups excluding carboxylic acids is 1. The molecule has 9 nitrogen and oxygen atoms in total. The minimum absolute atomic E-state index is 0.0864. The third-order valence-electron chi connectivity index (χ3n) is 5.66. The number of nitrogen functional groups attached to an aromatic ring is 1. The number of fused-ring (bicyclic) bond motifs is 1. The first-order valence-electron chi connectivity index (χ1n) is 10.2. The normalized spacial score (nSPS) is 17.4. The van der Waals surface area contributed by atoms with Crippen LogP contribution >= 0.6 is 22.9 Å². The second kappa shape index (κ2) is 8.45. The van der Waals surface area contributed by atoms with Gasteiger partial charge in [0.1, 0.15) is 18.0 Å². The number of aromatic amines is 1. The van der Waals surface area contributed by atoms with E-state index in [2.05, 4.69) is 30.0 Å². The van der Waals surface area contributed by atoms with Crippen LogP contribution in [-0.2, 0) is 17.9 Å². The standard InChI is InChI=1S/C21H21ClN8OS/c1-12-21(31)30(9-13-2-3-14-15(8-13)24-11-25-19(14)23)7-6-29(12)10-18-26-20(28-27-18)16-4-5-17(22)32-16/h2-5,8,11-12H,6-7,9-10H2,1H3,(H2,23,24,25)(H,26,27,28)/t12-/m0/s1. The second-order valence-corrected chi connectivity index (χ2v) is 9.44. The van der Waals surface area contributed by atoms with Crippen molar-refractivity contribution in [1.29, 1.82) is 0 Å². The summed E-state index contributed by atoms with van der Waals surface area (Å²) in [5.41, 5.74) is 7.70. The van der Waals surface area contributed by atoms with Crippen LogP contribution in [0.3, 0.4) is 0 Å². The number of halogens is 1. The van der Waals surface area contributed by atoms with Crippen LogP contribution < -0.4 is 5.73 Å². The Morgan fingerprint density at radius 2 is 2.09 bits per heavy atom. The monoisotopic (exact) mass is 468 g/mol. The van der Waals surface area contributed by atoms with Crippen molar-refractivity contribution in [1.82, 2.24) is 34.9 Å². The molecule has 1 aromatic carbocycles. The maximum absolute atomic E-state index is 13.1. The summed E-state index contributed by atoms with van der Waals surface area (Å²) < 4.78 is 0.698. The van der Waals surface area contributed by atoms with Gasteiger partial charge in [-0.25, -0.2) is 15.0 Å². The maximum atomic E-state index is 13.1. The number of rotatable bonds is 5. The van der Waals surface area contributed by atoms with E-state index in [0.717, 1.165) is 33.7 Å². The molecule has 3 N–H and O–H groups in total. The van der Waals surface area contributed by atoms with Gasteiger partial charge in [-0.1, -0.05) is 17.7 Å². The van der Waals surface area contributed by atoms with Crippen LogP contribution in [0, 0.1) is 0 Å². The van der Waals surface area contributed by atoms with Crippen molar-refractivity contribution in [3.8, 4) is 10.7 Å². The number of thiophene rings is 1. The van der Waals surface area contributed by atoms with E-state index in [1.54, 1.807) is 0 Å². The Labute approximate surface area is 193 Å². The van der Waals surface area contributed by atoms with Crippen molar-refractivity contribution in [2.45, 2.75) is 26.1 Å². The van der Waals surface area contributed by atoms with E-state index in [9.17, 15) is 4.79 Å². The molecule has 0 unspecified atom stereocenters. The molecule has 0 radical (unpaired) electrons. The van der Waals surface area contributed by atoms with Crippen LogP contribution in [0.1, 0.15) is 18.3 Å². The van der Waals surface area contributed by atoms with Crippen molar-refractivity contribution in [2.24, 2.45) is 0 Å². The number of anilines is 1. The first-order valence-corrected chi connectivity index (χ1v) is 11.4. The van der Waals surface area contributed by atoms with Crippen LogP contribution in [0.4, 0.5) is 5.82 Å². The second-order valence-electron chi connectivity index (χ2n) is 7.73. The number of nitrogens with zero attached hydrogens (tertiary/aromatic N) is 6. The quantitative estimate of drug-likeness (QED) is 0.462. The van der Waals surface area contributed by atoms with E-state index in [-0.39, 0.29) is 11.9 Å². The number of nitrogens with one attached hydrogen (secondary N) is 1. The molecule has 3 aromatic heterocycles. The zero-order valence-corrected chi connectivity index (χ0v) is 18.9. The summed E-state index contributed by atoms with van der Waals surface area (Å²) in [4.78, 5) is 30.8. The predicted molar refractivity (Wildman–Crippen MR) is 124 cm³/mol. The lowest BCUT2D eigenvalue weighted by molar-refractivity contribution is -0.142. The lowest BCUT2D eigenvalue weighted by Crippen LogP contribution is -2.55. The Morgan fingerprint density at radius 1 is 1.22 bits per heavy atom. The predicted octanol–water partition coefficient (Wildman–Crippen LogP) is 2.94. The van der Waals surface area contributed by atoms with Crippen molar-refractivity contribution < 1.29 is 4.79 Å². The van der Waals surface area contributed by atoms with Crippen molar-refractivity contribution in [2.75, 3.05) is 18.8 Å². The fraction of sp³-hybridized carbons (Fsp3) is 0.286. The third kappa shape index (κ3) is 4.04. The highest BCUT2D eigenvalue weighted by Gasteiger charge is 2.32. The van der Waals surface area contributed by atoms with E-state index in [4.69, 9.17) is 17.3 Å². The number of nitrogens with two attached hydrogens (primary N) is 1. The minimum Gasteiger partial charge on any atom is -0.383 e. The molecular formula is C21H21ClN8OS. The highest BCUT2D eigenvalue weighted by atomic mass is 35.5. The zero-order chi connectivity index (χ0) is 22.2. The smallest absolute Gasteiger partial charge is 0.239 e. The van der Waals surface area contributed by atoms with Gasteiger partial charge >= 0.3 is 0 Å². The number of piperazine rings is 1. The van der Waals surface area contributed by atoms with Crippen molar-refractivity contribution >= 4 is 45.6 Å². The summed E-state index contributed by atoms with van der Waals surface area (Å²) in [6.07, 6.45) is 1.45. The molecule has 1 saturated heterocycles. The van der Waals surface area contributed by atoms with Gasteiger partial charge in [0.25, 0.3) is 0 Å². The molecule has 0 saturated carbocycles. The Morgan fingerprint density at radius 3 is 2.91 bits per heavy atom. The molecule has 164 valence electrons. The van der Waals surface area contributed by atoms with E-state index in [1.165, 1.54) is 17.7 Å². The largest absolute Gasteiger partial charge is 0.383 e. The Kier molecular flexibility index (Phi) is 5.50. The van der Waals surface area contributed by atoms with E-state index < -0.39 is 0 Å². The van der Waals surface area contributed by atoms with Gasteiger partial charge in [0.05, 0.1) is 27.3 Å². The summed E-state index contributed by atoms with van der Waals surface area (Å²) in [5, 5.41) is 8.08. The van der Waals surface area contributed by atoms with Gasteiger partial charge in [-0.15, -0.1) is 11.3 Å². The average molecular weight is 469 g/mol. The van der Waals surface area contributed by atoms with Gasteiger partial charge in [-0.3, -0.25) is 14.8 Å². The topological polar surface area (TPSA) is 117 Å². The molecule has 0 spiro atoms. The Balaban J connectivity index is 1.25. The van der Waals surface area contributed by atoms with Gasteiger partial charge in [-0.05, 0) is 36.8 Å². The molecule has 1 aliphatic heterocycles. The lowest BCUT2D eigenvalue weighted by Gasteiger charge is -2.38. The molecule has 0 aliphatic carbocycles. The van der Waals surface area contributed by atoms with E-state index >= 15 is 0 Å². The molecular weight excluding hydrogens is 448 g/mol. The van der Waals surface area contributed by atoms with Crippen LogP contribution in [0.15, 0.2) is 36.7 Å². The molecule has 11 heteroatoms. The van der Waals surface area contributed by atoms with Gasteiger partial charge in [-0.2, -0.15) is 5.10 Å². The molecule has 4 heterocycles. The molecule has 1 atom stereocenters. The number of amides is 1. The van der Waals surface area contributed by atoms with Crippen molar-refractivity contribution in [3.05, 3.63) is 52.4 Å². The first-order chi connectivity index (χ1) is 15.5. The lowest BCUT2D eigenvalue weighted by atomic mass is 10.1. The molecule has 1 fully saturated rings. The van der Waals surface area contributed by atoms with Crippen LogP contribution in [0.5, 0.6) is 0 Å². The molecule has 32 heavy (non-hydrogen) atoms. The number of hydrogen-bond donors (Lipinski definition) is 2. The van der Waals surface area contributed by atoms with E-state index in [1.807, 2.05) is 42.2 Å². The van der Waals surface area contributed by atoms with Gasteiger partial charge in [0.15, 0.2) is 5.82 Å². The molecule has 1 aliphatic rings. The summed E-state index contributed by atoms with van der Waals surface area (Å²) >= 11 is 7.44. The third-order valence-corrected chi connectivity index (χ3v) is 6.88. The SMILES string of the molecule is C[C@H]1C(=O)N(Cc2ccc3c(N)ncnc3c2)CCN1Cc1nc(-c2ccc(Cl)s2)n[nH]1. The summed E-state index contributed by atoms with van der Waals surface area (Å²) in [6, 6.07) is 9.32. The molecule has 1 amide bonds. The Bertz CT molecular complexity index is 1290. The van der Waals surface area contributed by atoms with E-state index in [0.29, 0.717) is 35.6 Å². The number of carbonyl (C=O) groups is 1. The highest BCUT2D eigenvalue weighted by Crippen LogP contribution is 2.29. The van der Waals surface area contributed by atoms with Gasteiger partial charge in [0.2, 0.25) is 5.91 Å². The maximum Gasteiger partial charge on any atom is 0.239 e. The number of benzene rings is 1. The fourth-order valence-electron chi connectivity index (χ4n) is 3.89. The molecule has 0 bridgehead atoms. The fourth-order valence-corrected chi connectivity index (χ4v) is 4.87. The average Bonchev–Trinajstić information content (AvgIpc) is 3.42. The number of hydrogen-bond acceptors (Lipinski definition) is 8. The zero-order valence-electron chi connectivity index (χ0n) is 17.3. The number of H-pyrrole nitrogens is 1. The molecule has 5 rings (SSSR count). The van der Waals surface area contributed by atoms with Crippen molar-refractivity contribution in [3.63, 3.8) is 0 Å². The van der Waals surface area contributed by atoms with Gasteiger partial charge < -0.3 is 10.6 Å². The minimum atomic E-state index is -0.257. The summed E-state index contributed by atoms with van der Waals surface area (Å²) in [5.74, 6) is 1.89. The van der Waals surface area contributed by atoms with Crippen LogP contribution in [0.25, 0.3) is 21.6 Å². The number of aromatic nitrogens is 5. The van der Waals surface area contributed by atoms with Crippen LogP contribution in [-0.4, -0.2) is 60.0 Å². The summed E-state index contributed by atoms with van der Waals surface area (Å²) in [7, 11) is 0. The first kappa shape index (κ1) is 20.8.